The number of carbonyl (C=O) groups excluding carboxylic acids is 2. The van der Waals surface area contributed by atoms with Crippen LogP contribution in [-0.2, 0) is 28.3 Å². The molecule has 172 valence electrons. The fourth-order valence-corrected chi connectivity index (χ4v) is 4.59. The molecule has 4 nitrogen and oxygen atoms in total. The largest absolute Gasteiger partial charge is 0.357 e. The van der Waals surface area contributed by atoms with Gasteiger partial charge in [-0.15, -0.1) is 0 Å². The Labute approximate surface area is 205 Å². The van der Waals surface area contributed by atoms with E-state index in [0.29, 0.717) is 30.2 Å². The van der Waals surface area contributed by atoms with Gasteiger partial charge in [0.05, 0.1) is 0 Å². The molecule has 3 aromatic carbocycles. The Hall–Kier alpha value is -2.76. The maximum Gasteiger partial charge on any atom is 0.242 e. The number of nitrogens with zero attached hydrogens (tertiary/aromatic N) is 1. The molecule has 0 aliphatic carbocycles. The monoisotopic (exact) mass is 480 g/mol. The number of likely N-dealkylation sites (N-methyl/N-ethyl adjacent to an activating group) is 1. The molecule has 1 unspecified atom stereocenters. The zero-order valence-corrected chi connectivity index (χ0v) is 20.3. The predicted molar refractivity (Wildman–Crippen MR) is 137 cm³/mol. The second-order valence-electron chi connectivity index (χ2n) is 7.76. The van der Waals surface area contributed by atoms with Crippen LogP contribution < -0.4 is 5.32 Å². The van der Waals surface area contributed by atoms with Crippen molar-refractivity contribution in [2.45, 2.75) is 31.2 Å². The van der Waals surface area contributed by atoms with Crippen LogP contribution in [0.15, 0.2) is 84.9 Å². The van der Waals surface area contributed by atoms with Crippen LogP contribution in [0.1, 0.15) is 23.1 Å². The van der Waals surface area contributed by atoms with Crippen molar-refractivity contribution in [3.05, 3.63) is 107 Å². The van der Waals surface area contributed by atoms with E-state index in [1.807, 2.05) is 60.7 Å². The third-order valence-corrected chi connectivity index (χ3v) is 6.64. The van der Waals surface area contributed by atoms with Crippen molar-refractivity contribution < 1.29 is 9.59 Å². The first-order valence-electron chi connectivity index (χ1n) is 11.0. The number of carbonyl (C=O) groups is 2. The minimum atomic E-state index is -0.597. The highest BCUT2D eigenvalue weighted by atomic mass is 35.5. The molecule has 6 heteroatoms. The van der Waals surface area contributed by atoms with E-state index < -0.39 is 6.04 Å². The molecule has 1 N–H and O–H groups in total. The summed E-state index contributed by atoms with van der Waals surface area (Å²) in [5, 5.41) is 3.39. The number of halogens is 1. The number of hydrogen-bond acceptors (Lipinski definition) is 3. The van der Waals surface area contributed by atoms with Crippen LogP contribution in [0, 0.1) is 0 Å². The lowest BCUT2D eigenvalue weighted by Gasteiger charge is -2.31. The van der Waals surface area contributed by atoms with Gasteiger partial charge in [-0.1, -0.05) is 84.4 Å². The second kappa shape index (κ2) is 13.1. The van der Waals surface area contributed by atoms with Gasteiger partial charge >= 0.3 is 0 Å². The van der Waals surface area contributed by atoms with Gasteiger partial charge in [-0.25, -0.2) is 0 Å². The molecule has 0 saturated heterocycles. The summed E-state index contributed by atoms with van der Waals surface area (Å²) in [5.41, 5.74) is 3.19. The van der Waals surface area contributed by atoms with Gasteiger partial charge in [0.15, 0.2) is 0 Å². The van der Waals surface area contributed by atoms with E-state index in [1.54, 1.807) is 35.8 Å². The molecule has 0 aliphatic heterocycles. The average molecular weight is 481 g/mol. The second-order valence-corrected chi connectivity index (χ2v) is 9.30. The summed E-state index contributed by atoms with van der Waals surface area (Å²) < 4.78 is 0. The number of nitrogens with one attached hydrogen (secondary N) is 1. The quantitative estimate of drug-likeness (QED) is 0.376. The zero-order chi connectivity index (χ0) is 23.5. The molecule has 2 amide bonds. The van der Waals surface area contributed by atoms with Gasteiger partial charge in [-0.3, -0.25) is 9.59 Å². The van der Waals surface area contributed by atoms with Crippen molar-refractivity contribution in [3.8, 4) is 0 Å². The van der Waals surface area contributed by atoms with Gasteiger partial charge < -0.3 is 10.2 Å². The lowest BCUT2D eigenvalue weighted by molar-refractivity contribution is -0.140. The van der Waals surface area contributed by atoms with Crippen LogP contribution in [0.4, 0.5) is 0 Å². The minimum absolute atomic E-state index is 0.0324. The Balaban J connectivity index is 1.74. The van der Waals surface area contributed by atoms with E-state index in [-0.39, 0.29) is 11.8 Å². The molecule has 0 spiro atoms. The number of rotatable bonds is 11. The summed E-state index contributed by atoms with van der Waals surface area (Å²) in [7, 11) is 1.61. The Bertz CT molecular complexity index is 1010. The van der Waals surface area contributed by atoms with Gasteiger partial charge in [-0.2, -0.15) is 11.8 Å². The maximum atomic E-state index is 13.4. The van der Waals surface area contributed by atoms with Crippen LogP contribution in [-0.4, -0.2) is 35.6 Å². The van der Waals surface area contributed by atoms with Crippen LogP contribution >= 0.6 is 23.4 Å². The normalized spacial score (nSPS) is 11.6. The average Bonchev–Trinajstić information content (AvgIpc) is 2.86. The smallest absolute Gasteiger partial charge is 0.242 e. The lowest BCUT2D eigenvalue weighted by atomic mass is 10.0. The molecule has 0 fully saturated rings. The standard InChI is InChI=1S/C27H29ClN2O2S/c1-29-27(32)25(18-21-8-4-2-5-9-21)30(19-22-12-14-24(28)15-13-22)26(31)16-17-33-20-23-10-6-3-7-11-23/h2-15,25H,16-20H2,1H3,(H,29,32). The van der Waals surface area contributed by atoms with Crippen LogP contribution in [0.5, 0.6) is 0 Å². The summed E-state index contributed by atoms with van der Waals surface area (Å²) >= 11 is 7.77. The molecule has 33 heavy (non-hydrogen) atoms. The van der Waals surface area contributed by atoms with Crippen molar-refractivity contribution in [1.29, 1.82) is 0 Å². The Kier molecular flexibility index (Phi) is 9.85. The molecule has 1 atom stereocenters. The molecule has 3 aromatic rings. The first-order valence-corrected chi connectivity index (χ1v) is 12.5. The summed E-state index contributed by atoms with van der Waals surface area (Å²) in [6.07, 6.45) is 0.824. The van der Waals surface area contributed by atoms with Gasteiger partial charge in [0.1, 0.15) is 6.04 Å². The van der Waals surface area contributed by atoms with Crippen molar-refractivity contribution >= 4 is 35.2 Å². The van der Waals surface area contributed by atoms with Gasteiger partial charge in [0, 0.05) is 43.0 Å². The Morgan fingerprint density at radius 2 is 1.48 bits per heavy atom. The molecule has 3 rings (SSSR count). The number of hydrogen-bond donors (Lipinski definition) is 1. The maximum absolute atomic E-state index is 13.4. The fourth-order valence-electron chi connectivity index (χ4n) is 3.57. The zero-order valence-electron chi connectivity index (χ0n) is 18.7. The highest BCUT2D eigenvalue weighted by Crippen LogP contribution is 2.19. The molecule has 0 saturated carbocycles. The summed E-state index contributed by atoms with van der Waals surface area (Å²) in [6, 6.07) is 26.8. The number of thioether (sulfide) groups is 1. The summed E-state index contributed by atoms with van der Waals surface area (Å²) in [4.78, 5) is 28.0. The van der Waals surface area contributed by atoms with E-state index in [0.717, 1.165) is 16.9 Å². The van der Waals surface area contributed by atoms with E-state index in [9.17, 15) is 9.59 Å². The van der Waals surface area contributed by atoms with Crippen LogP contribution in [0.3, 0.4) is 0 Å². The highest BCUT2D eigenvalue weighted by Gasteiger charge is 2.29. The first-order chi connectivity index (χ1) is 16.1. The van der Waals surface area contributed by atoms with E-state index in [1.165, 1.54) is 5.56 Å². The summed E-state index contributed by atoms with van der Waals surface area (Å²) in [6.45, 7) is 0.351. The van der Waals surface area contributed by atoms with E-state index in [4.69, 9.17) is 11.6 Å². The van der Waals surface area contributed by atoms with Gasteiger partial charge in [0.2, 0.25) is 11.8 Å². The highest BCUT2D eigenvalue weighted by molar-refractivity contribution is 7.98. The molecular weight excluding hydrogens is 452 g/mol. The third-order valence-electron chi connectivity index (χ3n) is 5.36. The van der Waals surface area contributed by atoms with Crippen LogP contribution in [0.2, 0.25) is 5.02 Å². The van der Waals surface area contributed by atoms with Crippen molar-refractivity contribution in [2.75, 3.05) is 12.8 Å². The molecule has 0 heterocycles. The molecule has 0 radical (unpaired) electrons. The molecule has 0 aromatic heterocycles. The Morgan fingerprint density at radius 1 is 0.879 bits per heavy atom. The third kappa shape index (κ3) is 7.95. The first kappa shape index (κ1) is 24.9. The van der Waals surface area contributed by atoms with Crippen molar-refractivity contribution in [2.24, 2.45) is 0 Å². The number of benzene rings is 3. The lowest BCUT2D eigenvalue weighted by Crippen LogP contribution is -2.49. The SMILES string of the molecule is CNC(=O)C(Cc1ccccc1)N(Cc1ccc(Cl)cc1)C(=O)CCSCc1ccccc1. The van der Waals surface area contributed by atoms with E-state index >= 15 is 0 Å². The minimum Gasteiger partial charge on any atom is -0.357 e. The molecule has 0 aliphatic rings. The topological polar surface area (TPSA) is 49.4 Å². The molecular formula is C27H29ClN2O2S. The van der Waals surface area contributed by atoms with E-state index in [2.05, 4.69) is 17.4 Å². The summed E-state index contributed by atoms with van der Waals surface area (Å²) in [5.74, 6) is 1.35. The fraction of sp³-hybridized carbons (Fsp3) is 0.259. The van der Waals surface area contributed by atoms with Gasteiger partial charge in [0.25, 0.3) is 0 Å². The predicted octanol–water partition coefficient (Wildman–Crippen LogP) is 5.35. The van der Waals surface area contributed by atoms with Crippen LogP contribution in [0.25, 0.3) is 0 Å². The Morgan fingerprint density at radius 3 is 2.09 bits per heavy atom. The molecule has 0 bridgehead atoms. The van der Waals surface area contributed by atoms with Crippen molar-refractivity contribution in [3.63, 3.8) is 0 Å². The number of amides is 2. The van der Waals surface area contributed by atoms with Gasteiger partial charge in [-0.05, 0) is 28.8 Å². The van der Waals surface area contributed by atoms with Crippen molar-refractivity contribution in [1.82, 2.24) is 10.2 Å².